The van der Waals surface area contributed by atoms with E-state index in [4.69, 9.17) is 4.99 Å². The monoisotopic (exact) mass is 515 g/mol. The average molecular weight is 515 g/mol. The van der Waals surface area contributed by atoms with Gasteiger partial charge in [-0.15, -0.1) is 24.0 Å². The zero-order valence-electron chi connectivity index (χ0n) is 18.4. The Morgan fingerprint density at radius 3 is 2.52 bits per heavy atom. The number of carbonyl (C=O) groups is 1. The van der Waals surface area contributed by atoms with E-state index < -0.39 is 0 Å². The molecule has 0 aliphatic heterocycles. The molecule has 1 aliphatic carbocycles. The van der Waals surface area contributed by atoms with Crippen LogP contribution < -0.4 is 16.0 Å². The summed E-state index contributed by atoms with van der Waals surface area (Å²) >= 11 is 0. The van der Waals surface area contributed by atoms with Crippen LogP contribution in [-0.4, -0.2) is 50.5 Å². The normalized spacial score (nSPS) is 15.7. The fraction of sp³-hybridized carbons (Fsp3) is 0.636. The van der Waals surface area contributed by atoms with Gasteiger partial charge in [0.05, 0.1) is 13.1 Å². The number of benzene rings is 1. The summed E-state index contributed by atoms with van der Waals surface area (Å²) in [5, 5.41) is 9.85. The molecular formula is C22H38IN5O. The second kappa shape index (κ2) is 13.1. The average Bonchev–Trinajstić information content (AvgIpc) is 3.13. The summed E-state index contributed by atoms with van der Waals surface area (Å²) < 4.78 is 0. The highest BCUT2D eigenvalue weighted by Gasteiger charge is 2.31. The fourth-order valence-corrected chi connectivity index (χ4v) is 3.80. The molecule has 0 aromatic heterocycles. The number of halogens is 1. The number of rotatable bonds is 9. The molecule has 164 valence electrons. The first kappa shape index (κ1) is 25.7. The lowest BCUT2D eigenvalue weighted by molar-refractivity contribution is -0.116. The van der Waals surface area contributed by atoms with Gasteiger partial charge in [-0.05, 0) is 63.4 Å². The van der Waals surface area contributed by atoms with Gasteiger partial charge in [0.2, 0.25) is 5.91 Å². The number of nitrogens with zero attached hydrogens (tertiary/aromatic N) is 2. The van der Waals surface area contributed by atoms with Crippen LogP contribution in [0.3, 0.4) is 0 Å². The van der Waals surface area contributed by atoms with E-state index in [1.165, 1.54) is 32.1 Å². The lowest BCUT2D eigenvalue weighted by Gasteiger charge is -2.28. The summed E-state index contributed by atoms with van der Waals surface area (Å²) in [6, 6.07) is 7.90. The molecule has 0 unspecified atom stereocenters. The van der Waals surface area contributed by atoms with Crippen LogP contribution in [-0.2, 0) is 11.3 Å². The van der Waals surface area contributed by atoms with Crippen molar-refractivity contribution in [1.82, 2.24) is 15.5 Å². The molecule has 0 heterocycles. The second-order valence-electron chi connectivity index (χ2n) is 8.10. The van der Waals surface area contributed by atoms with Gasteiger partial charge < -0.3 is 20.9 Å². The van der Waals surface area contributed by atoms with Gasteiger partial charge in [-0.2, -0.15) is 0 Å². The number of anilines is 1. The molecule has 0 atom stereocenters. The van der Waals surface area contributed by atoms with E-state index >= 15 is 0 Å². The standard InChI is InChI=1S/C22H37N5O.HI/c1-5-22(12-7-8-13-22)17-25-21(23-6-2)24-15-18-10-9-11-19(14-18)26-20(28)16-27(3)4;/h9-11,14H,5-8,12-13,15-17H2,1-4H3,(H,26,28)(H2,23,24,25);1H. The zero-order valence-corrected chi connectivity index (χ0v) is 20.7. The Hall–Kier alpha value is -1.35. The number of amides is 1. The van der Waals surface area contributed by atoms with Crippen LogP contribution >= 0.6 is 24.0 Å². The molecule has 1 aliphatic rings. The summed E-state index contributed by atoms with van der Waals surface area (Å²) in [5.74, 6) is 0.853. The van der Waals surface area contributed by atoms with E-state index in [2.05, 4.69) is 29.8 Å². The van der Waals surface area contributed by atoms with Crippen LogP contribution in [0.15, 0.2) is 29.3 Å². The predicted molar refractivity (Wildman–Crippen MR) is 133 cm³/mol. The maximum absolute atomic E-state index is 12.0. The van der Waals surface area contributed by atoms with E-state index in [0.29, 0.717) is 18.5 Å². The summed E-state index contributed by atoms with van der Waals surface area (Å²) in [5.41, 5.74) is 2.31. The highest BCUT2D eigenvalue weighted by molar-refractivity contribution is 14.0. The predicted octanol–water partition coefficient (Wildman–Crippen LogP) is 3.83. The van der Waals surface area contributed by atoms with Gasteiger partial charge in [-0.1, -0.05) is 31.9 Å². The number of likely N-dealkylation sites (N-methyl/N-ethyl adjacent to an activating group) is 1. The number of carbonyl (C=O) groups excluding carboxylic acids is 1. The van der Waals surface area contributed by atoms with Gasteiger partial charge in [-0.3, -0.25) is 4.79 Å². The lowest BCUT2D eigenvalue weighted by Crippen LogP contribution is -2.42. The topological polar surface area (TPSA) is 68.8 Å². The highest BCUT2D eigenvalue weighted by atomic mass is 127. The van der Waals surface area contributed by atoms with Gasteiger partial charge in [0.1, 0.15) is 0 Å². The van der Waals surface area contributed by atoms with Crippen molar-refractivity contribution in [2.24, 2.45) is 10.4 Å². The third kappa shape index (κ3) is 8.90. The minimum atomic E-state index is -0.0120. The van der Waals surface area contributed by atoms with Crippen molar-refractivity contribution in [1.29, 1.82) is 0 Å². The molecule has 2 rings (SSSR count). The van der Waals surface area contributed by atoms with E-state index in [1.807, 2.05) is 43.3 Å². The van der Waals surface area contributed by atoms with Gasteiger partial charge in [0, 0.05) is 18.8 Å². The van der Waals surface area contributed by atoms with E-state index in [1.54, 1.807) is 0 Å². The molecule has 1 aromatic rings. The molecule has 1 amide bonds. The molecule has 29 heavy (non-hydrogen) atoms. The van der Waals surface area contributed by atoms with Gasteiger partial charge >= 0.3 is 0 Å². The Balaban J connectivity index is 0.00000420. The first-order chi connectivity index (χ1) is 13.5. The maximum atomic E-state index is 12.0. The molecule has 7 heteroatoms. The third-order valence-electron chi connectivity index (χ3n) is 5.48. The maximum Gasteiger partial charge on any atom is 0.238 e. The van der Waals surface area contributed by atoms with Crippen molar-refractivity contribution in [2.75, 3.05) is 39.0 Å². The summed E-state index contributed by atoms with van der Waals surface area (Å²) in [7, 11) is 3.77. The molecule has 1 fully saturated rings. The lowest BCUT2D eigenvalue weighted by atomic mass is 9.83. The molecule has 1 saturated carbocycles. The van der Waals surface area contributed by atoms with E-state index in [9.17, 15) is 4.79 Å². The Morgan fingerprint density at radius 1 is 1.17 bits per heavy atom. The first-order valence-electron chi connectivity index (χ1n) is 10.5. The minimum absolute atomic E-state index is 0. The molecule has 6 nitrogen and oxygen atoms in total. The zero-order chi connectivity index (χ0) is 20.4. The quantitative estimate of drug-likeness (QED) is 0.266. The molecule has 0 radical (unpaired) electrons. The summed E-state index contributed by atoms with van der Waals surface area (Å²) in [6.07, 6.45) is 6.52. The van der Waals surface area contributed by atoms with Crippen molar-refractivity contribution < 1.29 is 4.79 Å². The van der Waals surface area contributed by atoms with Crippen molar-refractivity contribution >= 4 is 41.5 Å². The van der Waals surface area contributed by atoms with Crippen LogP contribution in [0.1, 0.15) is 51.5 Å². The largest absolute Gasteiger partial charge is 0.357 e. The van der Waals surface area contributed by atoms with Crippen LogP contribution in [0.25, 0.3) is 0 Å². The number of nitrogens with one attached hydrogen (secondary N) is 3. The SMILES string of the molecule is CCNC(=NCc1cccc(NC(=O)CN(C)C)c1)NCC1(CC)CCCC1.I. The van der Waals surface area contributed by atoms with Gasteiger partial charge in [0.25, 0.3) is 0 Å². The third-order valence-corrected chi connectivity index (χ3v) is 5.48. The van der Waals surface area contributed by atoms with Gasteiger partial charge in [0.15, 0.2) is 5.96 Å². The smallest absolute Gasteiger partial charge is 0.238 e. The van der Waals surface area contributed by atoms with E-state index in [-0.39, 0.29) is 29.9 Å². The Kier molecular flexibility index (Phi) is 11.6. The van der Waals surface area contributed by atoms with E-state index in [0.717, 1.165) is 30.3 Å². The molecule has 0 spiro atoms. The first-order valence-corrected chi connectivity index (χ1v) is 10.5. The molecular weight excluding hydrogens is 477 g/mol. The Bertz CT molecular complexity index is 656. The van der Waals surface area contributed by atoms with Crippen LogP contribution in [0, 0.1) is 5.41 Å². The Morgan fingerprint density at radius 2 is 1.90 bits per heavy atom. The van der Waals surface area contributed by atoms with Crippen LogP contribution in [0.2, 0.25) is 0 Å². The summed E-state index contributed by atoms with van der Waals surface area (Å²) in [6.45, 7) is 7.15. The Labute approximate surface area is 193 Å². The number of aliphatic imine (C=N–C) groups is 1. The number of hydrogen-bond donors (Lipinski definition) is 3. The van der Waals surface area contributed by atoms with Gasteiger partial charge in [-0.25, -0.2) is 4.99 Å². The molecule has 0 saturated heterocycles. The van der Waals surface area contributed by atoms with Crippen LogP contribution in [0.4, 0.5) is 5.69 Å². The summed E-state index contributed by atoms with van der Waals surface area (Å²) in [4.78, 5) is 18.6. The fourth-order valence-electron chi connectivity index (χ4n) is 3.80. The number of hydrogen-bond acceptors (Lipinski definition) is 3. The second-order valence-corrected chi connectivity index (χ2v) is 8.10. The molecule has 0 bridgehead atoms. The number of guanidine groups is 1. The minimum Gasteiger partial charge on any atom is -0.357 e. The van der Waals surface area contributed by atoms with Crippen molar-refractivity contribution in [3.8, 4) is 0 Å². The molecule has 1 aromatic carbocycles. The van der Waals surface area contributed by atoms with Crippen molar-refractivity contribution in [2.45, 2.75) is 52.5 Å². The highest BCUT2D eigenvalue weighted by Crippen LogP contribution is 2.40. The van der Waals surface area contributed by atoms with Crippen molar-refractivity contribution in [3.63, 3.8) is 0 Å². The van der Waals surface area contributed by atoms with Crippen LogP contribution in [0.5, 0.6) is 0 Å². The van der Waals surface area contributed by atoms with Crippen molar-refractivity contribution in [3.05, 3.63) is 29.8 Å². The molecule has 3 N–H and O–H groups in total.